The van der Waals surface area contributed by atoms with Crippen molar-refractivity contribution in [3.8, 4) is 0 Å². The van der Waals surface area contributed by atoms with Gasteiger partial charge >= 0.3 is 0 Å². The maximum absolute atomic E-state index is 4.19. The van der Waals surface area contributed by atoms with E-state index in [0.29, 0.717) is 6.04 Å². The standard InChI is InChI=1S/C12H17N3/c1-2-10(1)14-8-9-7-13-6-5-12(9)15-11-3-4-11/h5-7,10-11,14H,1-4,8H2,(H,13,15). The fourth-order valence-corrected chi connectivity index (χ4v) is 1.70. The van der Waals surface area contributed by atoms with Crippen molar-refractivity contribution in [1.29, 1.82) is 0 Å². The summed E-state index contributed by atoms with van der Waals surface area (Å²) in [6.45, 7) is 0.952. The van der Waals surface area contributed by atoms with Crippen molar-refractivity contribution < 1.29 is 0 Å². The SMILES string of the molecule is c1cc(NC2CC2)c(CNC2CC2)cn1. The van der Waals surface area contributed by atoms with Crippen LogP contribution in [0.1, 0.15) is 31.2 Å². The fraction of sp³-hybridized carbons (Fsp3) is 0.583. The summed E-state index contributed by atoms with van der Waals surface area (Å²) in [5.41, 5.74) is 2.57. The largest absolute Gasteiger partial charge is 0.382 e. The summed E-state index contributed by atoms with van der Waals surface area (Å²) in [5, 5.41) is 7.08. The van der Waals surface area contributed by atoms with Gasteiger partial charge < -0.3 is 10.6 Å². The van der Waals surface area contributed by atoms with Gasteiger partial charge in [0.2, 0.25) is 0 Å². The van der Waals surface area contributed by atoms with Crippen molar-refractivity contribution >= 4 is 5.69 Å². The molecule has 0 bridgehead atoms. The minimum Gasteiger partial charge on any atom is -0.382 e. The molecule has 2 saturated carbocycles. The Bertz CT molecular complexity index is 342. The van der Waals surface area contributed by atoms with Gasteiger partial charge in [-0.2, -0.15) is 0 Å². The highest BCUT2D eigenvalue weighted by atomic mass is 15.0. The monoisotopic (exact) mass is 203 g/mol. The zero-order chi connectivity index (χ0) is 10.1. The molecule has 2 aliphatic rings. The second-order valence-electron chi connectivity index (χ2n) is 4.61. The molecule has 0 amide bonds. The Balaban J connectivity index is 1.66. The summed E-state index contributed by atoms with van der Waals surface area (Å²) in [7, 11) is 0. The Kier molecular flexibility index (Phi) is 2.33. The Morgan fingerprint density at radius 2 is 2.00 bits per heavy atom. The first-order chi connectivity index (χ1) is 7.42. The first-order valence-electron chi connectivity index (χ1n) is 5.84. The summed E-state index contributed by atoms with van der Waals surface area (Å²) in [4.78, 5) is 4.19. The maximum atomic E-state index is 4.19. The molecule has 80 valence electrons. The van der Waals surface area contributed by atoms with Crippen molar-refractivity contribution in [1.82, 2.24) is 10.3 Å². The number of aromatic nitrogens is 1. The Morgan fingerprint density at radius 3 is 2.73 bits per heavy atom. The van der Waals surface area contributed by atoms with Gasteiger partial charge in [0.15, 0.2) is 0 Å². The molecule has 1 aromatic rings. The molecule has 15 heavy (non-hydrogen) atoms. The third kappa shape index (κ3) is 2.48. The molecular formula is C12H17N3. The molecule has 3 nitrogen and oxygen atoms in total. The molecule has 0 atom stereocenters. The average molecular weight is 203 g/mol. The van der Waals surface area contributed by atoms with E-state index in [9.17, 15) is 0 Å². The van der Waals surface area contributed by atoms with Gasteiger partial charge in [0.1, 0.15) is 0 Å². The number of nitrogens with zero attached hydrogens (tertiary/aromatic N) is 1. The molecule has 2 N–H and O–H groups in total. The van der Waals surface area contributed by atoms with E-state index in [4.69, 9.17) is 0 Å². The lowest BCUT2D eigenvalue weighted by atomic mass is 10.2. The van der Waals surface area contributed by atoms with Crippen molar-refractivity contribution in [2.45, 2.75) is 44.3 Å². The third-order valence-electron chi connectivity index (χ3n) is 3.00. The number of anilines is 1. The van der Waals surface area contributed by atoms with Crippen molar-refractivity contribution in [3.63, 3.8) is 0 Å². The molecule has 0 saturated heterocycles. The number of hydrogen-bond acceptors (Lipinski definition) is 3. The Hall–Kier alpha value is -1.09. The number of rotatable bonds is 5. The predicted octanol–water partition coefficient (Wildman–Crippen LogP) is 1.91. The van der Waals surface area contributed by atoms with Crippen LogP contribution in [-0.2, 0) is 6.54 Å². The molecule has 0 aromatic carbocycles. The minimum absolute atomic E-state index is 0.715. The van der Waals surface area contributed by atoms with Crippen molar-refractivity contribution in [3.05, 3.63) is 24.0 Å². The van der Waals surface area contributed by atoms with E-state index in [1.54, 1.807) is 0 Å². The molecule has 1 heterocycles. The van der Waals surface area contributed by atoms with E-state index in [2.05, 4.69) is 21.7 Å². The van der Waals surface area contributed by atoms with E-state index < -0.39 is 0 Å². The zero-order valence-electron chi connectivity index (χ0n) is 8.87. The van der Waals surface area contributed by atoms with E-state index in [1.807, 2.05) is 12.4 Å². The third-order valence-corrected chi connectivity index (χ3v) is 3.00. The van der Waals surface area contributed by atoms with Crippen LogP contribution in [0.25, 0.3) is 0 Å². The molecule has 0 radical (unpaired) electrons. The summed E-state index contributed by atoms with van der Waals surface area (Å²) >= 11 is 0. The topological polar surface area (TPSA) is 37.0 Å². The highest BCUT2D eigenvalue weighted by molar-refractivity contribution is 5.51. The van der Waals surface area contributed by atoms with Crippen molar-refractivity contribution in [2.24, 2.45) is 0 Å². The maximum Gasteiger partial charge on any atom is 0.0418 e. The molecule has 0 aliphatic heterocycles. The van der Waals surface area contributed by atoms with Crippen LogP contribution in [0.4, 0.5) is 5.69 Å². The van der Waals surface area contributed by atoms with Gasteiger partial charge in [0.25, 0.3) is 0 Å². The van der Waals surface area contributed by atoms with Crippen molar-refractivity contribution in [2.75, 3.05) is 5.32 Å². The van der Waals surface area contributed by atoms with Crippen LogP contribution < -0.4 is 10.6 Å². The molecular weight excluding hydrogens is 186 g/mol. The van der Waals surface area contributed by atoms with E-state index in [1.165, 1.54) is 36.9 Å². The van der Waals surface area contributed by atoms with Gasteiger partial charge in [0, 0.05) is 42.3 Å². The summed E-state index contributed by atoms with van der Waals surface area (Å²) < 4.78 is 0. The Morgan fingerprint density at radius 1 is 1.20 bits per heavy atom. The number of hydrogen-bond donors (Lipinski definition) is 2. The smallest absolute Gasteiger partial charge is 0.0418 e. The van der Waals surface area contributed by atoms with Crippen LogP contribution in [0.2, 0.25) is 0 Å². The van der Waals surface area contributed by atoms with Gasteiger partial charge in [-0.15, -0.1) is 0 Å². The lowest BCUT2D eigenvalue weighted by Crippen LogP contribution is -2.17. The first kappa shape index (κ1) is 9.16. The van der Waals surface area contributed by atoms with Gasteiger partial charge in [0.05, 0.1) is 0 Å². The molecule has 2 aliphatic carbocycles. The van der Waals surface area contributed by atoms with E-state index in [-0.39, 0.29) is 0 Å². The highest BCUT2D eigenvalue weighted by Crippen LogP contribution is 2.27. The molecule has 3 heteroatoms. The second kappa shape index (κ2) is 3.81. The van der Waals surface area contributed by atoms with Crippen LogP contribution in [-0.4, -0.2) is 17.1 Å². The Labute approximate surface area is 90.3 Å². The van der Waals surface area contributed by atoms with Crippen LogP contribution in [0, 0.1) is 0 Å². The summed E-state index contributed by atoms with van der Waals surface area (Å²) in [5.74, 6) is 0. The molecule has 0 spiro atoms. The molecule has 3 rings (SSSR count). The quantitative estimate of drug-likeness (QED) is 0.767. The first-order valence-corrected chi connectivity index (χ1v) is 5.84. The van der Waals surface area contributed by atoms with E-state index >= 15 is 0 Å². The van der Waals surface area contributed by atoms with Crippen LogP contribution in [0.15, 0.2) is 18.5 Å². The fourth-order valence-electron chi connectivity index (χ4n) is 1.70. The highest BCUT2D eigenvalue weighted by Gasteiger charge is 2.23. The lowest BCUT2D eigenvalue weighted by Gasteiger charge is -2.11. The van der Waals surface area contributed by atoms with Gasteiger partial charge in [-0.25, -0.2) is 0 Å². The normalized spacial score (nSPS) is 20.3. The molecule has 1 aromatic heterocycles. The van der Waals surface area contributed by atoms with Crippen LogP contribution in [0.3, 0.4) is 0 Å². The van der Waals surface area contributed by atoms with Crippen LogP contribution >= 0.6 is 0 Å². The average Bonchev–Trinajstić information content (AvgIpc) is 3.12. The zero-order valence-corrected chi connectivity index (χ0v) is 8.87. The van der Waals surface area contributed by atoms with E-state index in [0.717, 1.165) is 12.6 Å². The number of nitrogens with one attached hydrogen (secondary N) is 2. The molecule has 0 unspecified atom stereocenters. The minimum atomic E-state index is 0.715. The second-order valence-corrected chi connectivity index (χ2v) is 4.61. The predicted molar refractivity (Wildman–Crippen MR) is 60.7 cm³/mol. The summed E-state index contributed by atoms with van der Waals surface area (Å²) in [6, 6.07) is 3.56. The number of pyridine rings is 1. The van der Waals surface area contributed by atoms with Gasteiger partial charge in [-0.1, -0.05) is 0 Å². The molecule has 2 fully saturated rings. The lowest BCUT2D eigenvalue weighted by molar-refractivity contribution is 0.686. The summed E-state index contributed by atoms with van der Waals surface area (Å²) in [6.07, 6.45) is 9.15. The van der Waals surface area contributed by atoms with Crippen LogP contribution in [0.5, 0.6) is 0 Å². The van der Waals surface area contributed by atoms with Gasteiger partial charge in [-0.05, 0) is 31.7 Å². The van der Waals surface area contributed by atoms with Gasteiger partial charge in [-0.3, -0.25) is 4.98 Å².